The lowest BCUT2D eigenvalue weighted by atomic mass is 10.0. The van der Waals surface area contributed by atoms with E-state index >= 15 is 0 Å². The first kappa shape index (κ1) is 28.1. The van der Waals surface area contributed by atoms with Crippen molar-refractivity contribution >= 4 is 42.6 Å². The van der Waals surface area contributed by atoms with Crippen molar-refractivity contribution in [3.63, 3.8) is 0 Å². The fraction of sp³-hybridized carbons (Fsp3) is 0.429. The zero-order valence-corrected chi connectivity index (χ0v) is 23.4. The third-order valence-electron chi connectivity index (χ3n) is 6.74. The van der Waals surface area contributed by atoms with E-state index < -0.39 is 16.3 Å². The van der Waals surface area contributed by atoms with E-state index in [4.69, 9.17) is 4.74 Å². The summed E-state index contributed by atoms with van der Waals surface area (Å²) in [4.78, 5) is 3.23. The van der Waals surface area contributed by atoms with Gasteiger partial charge in [-0.15, -0.1) is 11.3 Å². The minimum atomic E-state index is -3.36. The minimum Gasteiger partial charge on any atom is -0.495 e. The van der Waals surface area contributed by atoms with E-state index in [-0.39, 0.29) is 17.9 Å². The van der Waals surface area contributed by atoms with Gasteiger partial charge in [0.25, 0.3) is 0 Å². The highest BCUT2D eigenvalue weighted by atomic mass is 32.2. The first-order chi connectivity index (χ1) is 18.2. The van der Waals surface area contributed by atoms with Crippen molar-refractivity contribution in [1.82, 2.24) is 4.90 Å². The molecule has 2 N–H and O–H groups in total. The summed E-state index contributed by atoms with van der Waals surface area (Å²) < 4.78 is 57.0. The SMILES string of the molecule is CCN1CCC(Nc2cccc3c(CC(F)F)c(C#CCNc4ccc(S(C)(=O)=O)cc4OC)sc23)CC1. The molecule has 1 saturated heterocycles. The normalized spacial score (nSPS) is 14.9. The topological polar surface area (TPSA) is 70.7 Å². The van der Waals surface area contributed by atoms with Gasteiger partial charge in [-0.3, -0.25) is 0 Å². The maximum absolute atomic E-state index is 13.5. The number of alkyl halides is 2. The second kappa shape index (κ2) is 12.3. The Morgan fingerprint density at radius 2 is 1.95 bits per heavy atom. The minimum absolute atomic E-state index is 0.160. The molecular weight excluding hydrogens is 528 g/mol. The molecule has 3 aromatic rings. The molecule has 204 valence electrons. The predicted octanol–water partition coefficient (Wildman–Crippen LogP) is 5.48. The maximum Gasteiger partial charge on any atom is 0.242 e. The van der Waals surface area contributed by atoms with Crippen LogP contribution in [0.1, 0.15) is 30.2 Å². The third kappa shape index (κ3) is 6.76. The van der Waals surface area contributed by atoms with Crippen LogP contribution in [0.3, 0.4) is 0 Å². The number of halogens is 2. The molecule has 1 aliphatic rings. The van der Waals surface area contributed by atoms with E-state index in [2.05, 4.69) is 34.3 Å². The number of nitrogens with zero attached hydrogens (tertiary/aromatic N) is 1. The number of nitrogens with one attached hydrogen (secondary N) is 2. The zero-order chi connectivity index (χ0) is 27.3. The molecule has 1 aromatic heterocycles. The predicted molar refractivity (Wildman–Crippen MR) is 152 cm³/mol. The molecule has 0 radical (unpaired) electrons. The van der Waals surface area contributed by atoms with E-state index in [1.165, 1.54) is 30.6 Å². The lowest BCUT2D eigenvalue weighted by Crippen LogP contribution is -2.38. The number of thiophene rings is 1. The van der Waals surface area contributed by atoms with Gasteiger partial charge in [-0.25, -0.2) is 17.2 Å². The van der Waals surface area contributed by atoms with Crippen molar-refractivity contribution in [1.29, 1.82) is 0 Å². The number of hydrogen-bond donors (Lipinski definition) is 2. The summed E-state index contributed by atoms with van der Waals surface area (Å²) in [5, 5.41) is 7.61. The van der Waals surface area contributed by atoms with Crippen LogP contribution in [0.2, 0.25) is 0 Å². The summed E-state index contributed by atoms with van der Waals surface area (Å²) in [5.74, 6) is 6.52. The van der Waals surface area contributed by atoms with E-state index in [9.17, 15) is 17.2 Å². The van der Waals surface area contributed by atoms with Gasteiger partial charge in [0, 0.05) is 37.9 Å². The quantitative estimate of drug-likeness (QED) is 0.337. The van der Waals surface area contributed by atoms with Gasteiger partial charge >= 0.3 is 0 Å². The molecule has 0 saturated carbocycles. The monoisotopic (exact) mass is 561 g/mol. The van der Waals surface area contributed by atoms with Crippen LogP contribution in [-0.2, 0) is 16.3 Å². The maximum atomic E-state index is 13.5. The molecule has 0 unspecified atom stereocenters. The number of piperidine rings is 1. The van der Waals surface area contributed by atoms with Crippen molar-refractivity contribution in [2.24, 2.45) is 0 Å². The van der Waals surface area contributed by atoms with Gasteiger partial charge in [-0.2, -0.15) is 0 Å². The average molecular weight is 562 g/mol. The molecule has 0 bridgehead atoms. The summed E-state index contributed by atoms with van der Waals surface area (Å²) in [5.41, 5.74) is 2.14. The van der Waals surface area contributed by atoms with Crippen molar-refractivity contribution in [3.05, 3.63) is 46.8 Å². The number of rotatable bonds is 9. The van der Waals surface area contributed by atoms with Crippen LogP contribution in [0.4, 0.5) is 20.2 Å². The van der Waals surface area contributed by atoms with Crippen molar-refractivity contribution < 1.29 is 21.9 Å². The summed E-state index contributed by atoms with van der Waals surface area (Å²) in [6, 6.07) is 10.8. The van der Waals surface area contributed by atoms with E-state index in [0.29, 0.717) is 27.9 Å². The van der Waals surface area contributed by atoms with Crippen LogP contribution in [0.15, 0.2) is 41.3 Å². The molecule has 6 nitrogen and oxygen atoms in total. The van der Waals surface area contributed by atoms with E-state index in [1.54, 1.807) is 6.07 Å². The largest absolute Gasteiger partial charge is 0.495 e. The molecule has 2 heterocycles. The number of sulfone groups is 1. The molecule has 0 spiro atoms. The highest BCUT2D eigenvalue weighted by Crippen LogP contribution is 2.38. The van der Waals surface area contributed by atoms with Crippen LogP contribution in [0.25, 0.3) is 10.1 Å². The highest BCUT2D eigenvalue weighted by molar-refractivity contribution is 7.90. The van der Waals surface area contributed by atoms with Crippen LogP contribution in [0.5, 0.6) is 5.75 Å². The number of fused-ring (bicyclic) bond motifs is 1. The van der Waals surface area contributed by atoms with Crippen LogP contribution in [-0.4, -0.2) is 65.3 Å². The second-order valence-corrected chi connectivity index (χ2v) is 12.4. The Kier molecular flexibility index (Phi) is 9.13. The van der Waals surface area contributed by atoms with Gasteiger partial charge < -0.3 is 20.3 Å². The summed E-state index contributed by atoms with van der Waals surface area (Å²) in [6.07, 6.45) is 0.410. The Morgan fingerprint density at radius 1 is 1.18 bits per heavy atom. The molecule has 2 aromatic carbocycles. The summed E-state index contributed by atoms with van der Waals surface area (Å²) in [6.45, 7) is 5.57. The number of benzene rings is 2. The smallest absolute Gasteiger partial charge is 0.242 e. The van der Waals surface area contributed by atoms with Crippen LogP contribution >= 0.6 is 11.3 Å². The Morgan fingerprint density at radius 3 is 2.61 bits per heavy atom. The van der Waals surface area contributed by atoms with Gasteiger partial charge in [0.1, 0.15) is 5.75 Å². The number of methoxy groups -OCH3 is 1. The molecule has 10 heteroatoms. The van der Waals surface area contributed by atoms with Gasteiger partial charge in [0.15, 0.2) is 9.84 Å². The van der Waals surface area contributed by atoms with Crippen molar-refractivity contribution in [3.8, 4) is 17.6 Å². The number of anilines is 2. The zero-order valence-electron chi connectivity index (χ0n) is 21.8. The average Bonchev–Trinajstić information content (AvgIpc) is 3.24. The molecule has 1 fully saturated rings. The number of ether oxygens (including phenoxy) is 1. The summed E-state index contributed by atoms with van der Waals surface area (Å²) >= 11 is 1.45. The van der Waals surface area contributed by atoms with Gasteiger partial charge in [0.05, 0.1) is 39.5 Å². The molecule has 0 aliphatic carbocycles. The third-order valence-corrected chi connectivity index (χ3v) is 9.05. The fourth-order valence-electron chi connectivity index (χ4n) is 4.67. The molecule has 1 aliphatic heterocycles. The lowest BCUT2D eigenvalue weighted by Gasteiger charge is -2.32. The highest BCUT2D eigenvalue weighted by Gasteiger charge is 2.21. The molecule has 4 rings (SSSR count). The molecule has 0 amide bonds. The van der Waals surface area contributed by atoms with Gasteiger partial charge in [0.2, 0.25) is 6.43 Å². The Balaban J connectivity index is 1.55. The fourth-order valence-corrected chi connectivity index (χ4v) is 6.49. The molecule has 38 heavy (non-hydrogen) atoms. The standard InChI is InChI=1S/C28H33F2N3O3S2/c1-4-33-15-12-19(13-16-33)32-24-8-5-7-21-22(18-27(29)30)26(37-28(21)24)9-6-14-31-23-11-10-20(38(3,34)35)17-25(23)36-2/h5,7-8,10-11,17,19,27,31-32H,4,12-16,18H2,1-3H3. The van der Waals surface area contributed by atoms with E-state index in [1.807, 2.05) is 18.2 Å². The summed E-state index contributed by atoms with van der Waals surface area (Å²) in [7, 11) is -1.90. The Labute approximate surface area is 227 Å². The molecular formula is C28H33F2N3O3S2. The Hall–Kier alpha value is -2.87. The van der Waals surface area contributed by atoms with Crippen LogP contribution in [0, 0.1) is 11.8 Å². The number of hydrogen-bond acceptors (Lipinski definition) is 7. The second-order valence-electron chi connectivity index (χ2n) is 9.33. The van der Waals surface area contributed by atoms with Crippen molar-refractivity contribution in [2.75, 3.05) is 50.2 Å². The van der Waals surface area contributed by atoms with Gasteiger partial charge in [-0.05, 0) is 48.5 Å². The molecule has 0 atom stereocenters. The van der Waals surface area contributed by atoms with Crippen LogP contribution < -0.4 is 15.4 Å². The number of likely N-dealkylation sites (tertiary alicyclic amines) is 1. The first-order valence-electron chi connectivity index (χ1n) is 12.6. The lowest BCUT2D eigenvalue weighted by molar-refractivity contribution is 0.149. The van der Waals surface area contributed by atoms with Crippen molar-refractivity contribution in [2.45, 2.75) is 43.5 Å². The first-order valence-corrected chi connectivity index (χ1v) is 15.3. The Bertz CT molecular complexity index is 1440. The van der Waals surface area contributed by atoms with E-state index in [0.717, 1.165) is 54.5 Å². The van der Waals surface area contributed by atoms with Gasteiger partial charge in [-0.1, -0.05) is 30.9 Å².